The van der Waals surface area contributed by atoms with Gasteiger partial charge in [0.25, 0.3) is 0 Å². The van der Waals surface area contributed by atoms with Crippen LogP contribution in [-0.2, 0) is 23.2 Å². The van der Waals surface area contributed by atoms with Gasteiger partial charge in [-0.1, -0.05) is 11.6 Å². The van der Waals surface area contributed by atoms with Gasteiger partial charge in [-0.05, 0) is 38.1 Å². The highest BCUT2D eigenvalue weighted by atomic mass is 35.5. The summed E-state index contributed by atoms with van der Waals surface area (Å²) < 4.78 is 29.7. The van der Waals surface area contributed by atoms with Crippen LogP contribution in [0, 0.1) is 6.92 Å². The van der Waals surface area contributed by atoms with E-state index in [0.717, 1.165) is 11.4 Å². The molecule has 2 N–H and O–H groups in total. The van der Waals surface area contributed by atoms with Crippen LogP contribution in [-0.4, -0.2) is 18.2 Å². The van der Waals surface area contributed by atoms with Crippen LogP contribution >= 0.6 is 11.6 Å². The van der Waals surface area contributed by atoms with Crippen LogP contribution in [0.2, 0.25) is 5.02 Å². The number of hydrogen-bond acceptors (Lipinski definition) is 4. The van der Waals surface area contributed by atoms with Crippen molar-refractivity contribution in [1.29, 1.82) is 0 Å². The fraction of sp³-hybridized carbons (Fsp3) is 0.308. The molecular formula is C13H16ClN3O3S. The highest BCUT2D eigenvalue weighted by Crippen LogP contribution is 2.22. The molecule has 0 unspecified atom stereocenters. The maximum atomic E-state index is 11.2. The second kappa shape index (κ2) is 6.05. The number of sulfonamides is 1. The van der Waals surface area contributed by atoms with E-state index in [1.165, 1.54) is 12.1 Å². The Kier molecular flexibility index (Phi) is 4.55. The molecule has 0 aliphatic heterocycles. The predicted octanol–water partition coefficient (Wildman–Crippen LogP) is 2.09. The number of nitrogens with zero attached hydrogens (tertiary/aromatic N) is 2. The number of aromatic nitrogens is 2. The number of aryl methyl sites for hydroxylation is 2. The normalized spacial score (nSPS) is 11.6. The van der Waals surface area contributed by atoms with Gasteiger partial charge in [0.05, 0.1) is 21.3 Å². The average molecular weight is 330 g/mol. The maximum absolute atomic E-state index is 11.2. The van der Waals surface area contributed by atoms with Crippen LogP contribution < -0.4 is 9.88 Å². The first-order chi connectivity index (χ1) is 9.82. The fourth-order valence-corrected chi connectivity index (χ4v) is 2.59. The lowest BCUT2D eigenvalue weighted by molar-refractivity contribution is 0.292. The second-order valence-electron chi connectivity index (χ2n) is 4.47. The molecular weight excluding hydrogens is 314 g/mol. The number of nitrogens with two attached hydrogens (primary N) is 1. The van der Waals surface area contributed by atoms with Crippen LogP contribution in [0.25, 0.3) is 0 Å². The van der Waals surface area contributed by atoms with Gasteiger partial charge in [0.1, 0.15) is 12.4 Å². The van der Waals surface area contributed by atoms with E-state index in [1.54, 1.807) is 16.8 Å². The molecule has 2 rings (SSSR count). The van der Waals surface area contributed by atoms with E-state index in [1.807, 2.05) is 13.8 Å². The van der Waals surface area contributed by atoms with E-state index in [4.69, 9.17) is 21.5 Å². The van der Waals surface area contributed by atoms with E-state index in [-0.39, 0.29) is 11.5 Å². The maximum Gasteiger partial charge on any atom is 0.238 e. The summed E-state index contributed by atoms with van der Waals surface area (Å²) >= 11 is 6.18. The summed E-state index contributed by atoms with van der Waals surface area (Å²) in [4.78, 5) is 0.0438. The molecule has 1 aromatic carbocycles. The molecule has 0 spiro atoms. The minimum atomic E-state index is -3.69. The molecule has 0 atom stereocenters. The van der Waals surface area contributed by atoms with Crippen LogP contribution in [0.15, 0.2) is 29.2 Å². The van der Waals surface area contributed by atoms with E-state index in [0.29, 0.717) is 17.3 Å². The van der Waals surface area contributed by atoms with Crippen LogP contribution in [0.5, 0.6) is 5.75 Å². The van der Waals surface area contributed by atoms with Crippen molar-refractivity contribution in [3.05, 3.63) is 40.7 Å². The smallest absolute Gasteiger partial charge is 0.238 e. The first-order valence-corrected chi connectivity index (χ1v) is 8.22. The Hall–Kier alpha value is -1.57. The van der Waals surface area contributed by atoms with E-state index in [2.05, 4.69) is 5.10 Å². The molecule has 0 fully saturated rings. The molecule has 114 valence electrons. The third-order valence-corrected chi connectivity index (χ3v) is 4.40. The lowest BCUT2D eigenvalue weighted by atomic mass is 10.3. The summed E-state index contributed by atoms with van der Waals surface area (Å²) in [6.45, 7) is 4.74. The first kappa shape index (κ1) is 15.8. The lowest BCUT2D eigenvalue weighted by Crippen LogP contribution is -2.12. The Morgan fingerprint density at radius 1 is 1.33 bits per heavy atom. The standard InChI is InChI=1S/C13H16ClN3O3S/c1-3-17-12(13(14)9(2)16-17)8-20-10-4-6-11(7-5-10)21(15,18)19/h4-7H,3,8H2,1-2H3,(H2,15,18,19). The monoisotopic (exact) mass is 329 g/mol. The number of primary sulfonamides is 1. The zero-order valence-electron chi connectivity index (χ0n) is 11.7. The minimum Gasteiger partial charge on any atom is -0.487 e. The van der Waals surface area contributed by atoms with Gasteiger partial charge in [-0.15, -0.1) is 0 Å². The first-order valence-electron chi connectivity index (χ1n) is 6.30. The van der Waals surface area contributed by atoms with Gasteiger partial charge in [0.2, 0.25) is 10.0 Å². The largest absolute Gasteiger partial charge is 0.487 e. The van der Waals surface area contributed by atoms with Crippen LogP contribution in [0.1, 0.15) is 18.3 Å². The van der Waals surface area contributed by atoms with Gasteiger partial charge in [0, 0.05) is 6.54 Å². The topological polar surface area (TPSA) is 87.2 Å². The molecule has 1 aromatic heterocycles. The van der Waals surface area contributed by atoms with Gasteiger partial charge in [0.15, 0.2) is 0 Å². The molecule has 0 saturated heterocycles. The second-order valence-corrected chi connectivity index (χ2v) is 6.41. The van der Waals surface area contributed by atoms with E-state index in [9.17, 15) is 8.42 Å². The molecule has 0 aliphatic carbocycles. The van der Waals surface area contributed by atoms with Crippen molar-refractivity contribution in [2.45, 2.75) is 31.9 Å². The molecule has 6 nitrogen and oxygen atoms in total. The Morgan fingerprint density at radius 2 is 1.95 bits per heavy atom. The summed E-state index contributed by atoms with van der Waals surface area (Å²) in [5.41, 5.74) is 1.54. The summed E-state index contributed by atoms with van der Waals surface area (Å²) in [6.07, 6.45) is 0. The molecule has 8 heteroatoms. The van der Waals surface area contributed by atoms with Crippen molar-refractivity contribution < 1.29 is 13.2 Å². The van der Waals surface area contributed by atoms with Gasteiger partial charge in [-0.3, -0.25) is 4.68 Å². The van der Waals surface area contributed by atoms with Crippen molar-refractivity contribution in [2.24, 2.45) is 5.14 Å². The Balaban J connectivity index is 2.14. The lowest BCUT2D eigenvalue weighted by Gasteiger charge is -2.08. The zero-order valence-corrected chi connectivity index (χ0v) is 13.3. The number of hydrogen-bond donors (Lipinski definition) is 1. The van der Waals surface area contributed by atoms with Crippen molar-refractivity contribution in [3.8, 4) is 5.75 Å². The Labute approximate surface area is 128 Å². The SMILES string of the molecule is CCn1nc(C)c(Cl)c1COc1ccc(S(N)(=O)=O)cc1. The molecule has 1 heterocycles. The number of rotatable bonds is 5. The average Bonchev–Trinajstić information content (AvgIpc) is 2.71. The number of halogens is 1. The van der Waals surface area contributed by atoms with Crippen LogP contribution in [0.4, 0.5) is 0 Å². The fourth-order valence-electron chi connectivity index (χ4n) is 1.88. The third-order valence-electron chi connectivity index (χ3n) is 2.98. The van der Waals surface area contributed by atoms with Gasteiger partial charge >= 0.3 is 0 Å². The molecule has 2 aromatic rings. The Bertz CT molecular complexity index is 739. The van der Waals surface area contributed by atoms with Crippen molar-refractivity contribution in [1.82, 2.24) is 9.78 Å². The van der Waals surface area contributed by atoms with Gasteiger partial charge < -0.3 is 4.74 Å². The molecule has 0 bridgehead atoms. The molecule has 0 aliphatic rings. The van der Waals surface area contributed by atoms with Crippen molar-refractivity contribution in [3.63, 3.8) is 0 Å². The van der Waals surface area contributed by atoms with Crippen molar-refractivity contribution in [2.75, 3.05) is 0 Å². The van der Waals surface area contributed by atoms with Crippen LogP contribution in [0.3, 0.4) is 0 Å². The molecule has 0 saturated carbocycles. The highest BCUT2D eigenvalue weighted by molar-refractivity contribution is 7.89. The minimum absolute atomic E-state index is 0.0438. The third kappa shape index (κ3) is 3.55. The number of benzene rings is 1. The van der Waals surface area contributed by atoms with Gasteiger partial charge in [-0.25, -0.2) is 13.6 Å². The van der Waals surface area contributed by atoms with E-state index < -0.39 is 10.0 Å². The Morgan fingerprint density at radius 3 is 2.48 bits per heavy atom. The van der Waals surface area contributed by atoms with E-state index >= 15 is 0 Å². The summed E-state index contributed by atoms with van der Waals surface area (Å²) in [5.74, 6) is 0.528. The molecule has 21 heavy (non-hydrogen) atoms. The summed E-state index contributed by atoms with van der Waals surface area (Å²) in [6, 6.07) is 5.89. The number of ether oxygens (including phenoxy) is 1. The predicted molar refractivity (Wildman–Crippen MR) is 79.8 cm³/mol. The van der Waals surface area contributed by atoms with Gasteiger partial charge in [-0.2, -0.15) is 5.10 Å². The summed E-state index contributed by atoms with van der Waals surface area (Å²) in [5, 5.41) is 9.91. The summed E-state index contributed by atoms with van der Waals surface area (Å²) in [7, 11) is -3.69. The van der Waals surface area contributed by atoms with Crippen molar-refractivity contribution >= 4 is 21.6 Å². The zero-order chi connectivity index (χ0) is 15.6. The highest BCUT2D eigenvalue weighted by Gasteiger charge is 2.13. The molecule has 0 radical (unpaired) electrons. The molecule has 0 amide bonds. The quantitative estimate of drug-likeness (QED) is 0.909.